The van der Waals surface area contributed by atoms with Gasteiger partial charge in [0.15, 0.2) is 0 Å². The molecule has 0 atom stereocenters. The summed E-state index contributed by atoms with van der Waals surface area (Å²) in [6.45, 7) is 0. The first-order valence-electron chi connectivity index (χ1n) is 2.53. The second-order valence-electron chi connectivity index (χ2n) is 1.46. The summed E-state index contributed by atoms with van der Waals surface area (Å²) >= 11 is 0. The maximum absolute atomic E-state index is 3.94. The standard InChI is InChI=1S/B4H4N4/c1-5-2-7-4-8-3-6-1/h1-4H/q-4. The molecule has 1 aliphatic rings. The van der Waals surface area contributed by atoms with E-state index in [2.05, 4.69) is 19.2 Å². The van der Waals surface area contributed by atoms with Crippen LogP contribution < -0.4 is 0 Å². The molecular formula is H4B4N4-4. The number of nitrogens with zero attached hydrogens (tertiary/aromatic N) is 4. The molecule has 1 aliphatic heterocycles. The Hall–Kier alpha value is -0.540. The molecule has 1 heterocycles. The Labute approximate surface area is 49.0 Å². The van der Waals surface area contributed by atoms with E-state index in [9.17, 15) is 0 Å². The van der Waals surface area contributed by atoms with Crippen molar-refractivity contribution >= 4 is 28.8 Å². The van der Waals surface area contributed by atoms with E-state index in [-0.39, 0.29) is 0 Å². The van der Waals surface area contributed by atoms with Crippen molar-refractivity contribution in [3.63, 3.8) is 0 Å². The molecule has 40 valence electrons. The Kier molecular flexibility index (Phi) is 2.42. The van der Waals surface area contributed by atoms with E-state index in [0.717, 1.165) is 0 Å². The van der Waals surface area contributed by atoms with E-state index in [0.29, 0.717) is 28.8 Å². The maximum Gasteiger partial charge on any atom is -0.0540 e. The molecule has 8 heteroatoms. The molecule has 1 rings (SSSR count). The van der Waals surface area contributed by atoms with Crippen molar-refractivity contribution in [3.05, 3.63) is 0 Å². The second-order valence-corrected chi connectivity index (χ2v) is 1.46. The van der Waals surface area contributed by atoms with E-state index in [1.807, 2.05) is 0 Å². The van der Waals surface area contributed by atoms with E-state index in [4.69, 9.17) is 0 Å². The highest BCUT2D eigenvalue weighted by atomic mass is 14.8. The zero-order valence-electron chi connectivity index (χ0n) is 4.62. The fourth-order valence-corrected chi connectivity index (χ4v) is 0.462. The number of hydrogen-bond donors (Lipinski definition) is 0. The lowest BCUT2D eigenvalue weighted by atomic mass is 10.1. The third-order valence-corrected chi connectivity index (χ3v) is 0.800. The lowest BCUT2D eigenvalue weighted by Gasteiger charge is -2.14. The summed E-state index contributed by atoms with van der Waals surface area (Å²) in [4.78, 5) is 15.8. The van der Waals surface area contributed by atoms with Crippen LogP contribution in [0.25, 0.3) is 0 Å². The molecule has 0 unspecified atom stereocenters. The highest BCUT2D eigenvalue weighted by Crippen LogP contribution is 1.64. The Balaban J connectivity index is 2.67. The van der Waals surface area contributed by atoms with Crippen LogP contribution in [-0.4, -0.2) is 28.8 Å². The van der Waals surface area contributed by atoms with Gasteiger partial charge >= 0.3 is 0 Å². The van der Waals surface area contributed by atoms with Crippen molar-refractivity contribution in [3.8, 4) is 0 Å². The van der Waals surface area contributed by atoms with Gasteiger partial charge in [0, 0.05) is 0 Å². The highest BCUT2D eigenvalue weighted by molar-refractivity contribution is 6.48. The van der Waals surface area contributed by atoms with Gasteiger partial charge in [-0.25, -0.2) is 0 Å². The normalized spacial score (nSPS) is 32.0. The summed E-state index contributed by atoms with van der Waals surface area (Å²) in [6.07, 6.45) is 0. The molecule has 0 aromatic carbocycles. The first-order valence-corrected chi connectivity index (χ1v) is 2.53. The van der Waals surface area contributed by atoms with Crippen LogP contribution in [0.4, 0.5) is 0 Å². The van der Waals surface area contributed by atoms with Crippen molar-refractivity contribution in [1.29, 1.82) is 0 Å². The molecule has 0 amide bonds. The Bertz CT molecular complexity index is 109. The lowest BCUT2D eigenvalue weighted by Crippen LogP contribution is -1.83. The zero-order chi connectivity index (χ0) is 5.66. The van der Waals surface area contributed by atoms with Gasteiger partial charge in [-0.05, 0) is 0 Å². The van der Waals surface area contributed by atoms with Crippen LogP contribution in [0.5, 0.6) is 0 Å². The average molecular weight is 103 g/mol. The minimum Gasteiger partial charge on any atom is -0.746 e. The quantitative estimate of drug-likeness (QED) is 0.323. The third-order valence-electron chi connectivity index (χ3n) is 0.800. The summed E-state index contributed by atoms with van der Waals surface area (Å²) in [5.74, 6) is 0. The monoisotopic (exact) mass is 104 g/mol. The lowest BCUT2D eigenvalue weighted by molar-refractivity contribution is 1.71. The molecule has 8 heavy (non-hydrogen) atoms. The minimum atomic E-state index is 0.562. The largest absolute Gasteiger partial charge is 0.746 e. The third kappa shape index (κ3) is 1.95. The average Bonchev–Trinajstić information content (AvgIpc) is 1.62. The van der Waals surface area contributed by atoms with Gasteiger partial charge in [0.25, 0.3) is 0 Å². The van der Waals surface area contributed by atoms with Crippen LogP contribution >= 0.6 is 0 Å². The summed E-state index contributed by atoms with van der Waals surface area (Å²) < 4.78 is 0. The predicted molar refractivity (Wildman–Crippen MR) is 38.3 cm³/mol. The molecule has 0 fully saturated rings. The van der Waals surface area contributed by atoms with Gasteiger partial charge in [-0.1, -0.05) is 28.8 Å². The molecule has 0 N–H and O–H groups in total. The minimum absolute atomic E-state index is 0.562. The molecule has 0 spiro atoms. The van der Waals surface area contributed by atoms with Gasteiger partial charge in [-0.15, -0.1) is 0 Å². The molecule has 0 saturated carbocycles. The fraction of sp³-hybridized carbons (Fsp3) is 0. The zero-order valence-corrected chi connectivity index (χ0v) is 4.62. The van der Waals surface area contributed by atoms with Gasteiger partial charge in [0.2, 0.25) is 0 Å². The maximum atomic E-state index is 3.94. The van der Waals surface area contributed by atoms with E-state index in [1.165, 1.54) is 0 Å². The van der Waals surface area contributed by atoms with Crippen molar-refractivity contribution in [2.24, 2.45) is 19.2 Å². The van der Waals surface area contributed by atoms with Crippen LogP contribution in [0.2, 0.25) is 0 Å². The molecule has 0 saturated heterocycles. The summed E-state index contributed by atoms with van der Waals surface area (Å²) in [5, 5.41) is 0. The van der Waals surface area contributed by atoms with E-state index >= 15 is 0 Å². The highest BCUT2D eigenvalue weighted by Gasteiger charge is 1.35. The van der Waals surface area contributed by atoms with E-state index < -0.39 is 0 Å². The van der Waals surface area contributed by atoms with Crippen LogP contribution in [0.3, 0.4) is 0 Å². The first-order chi connectivity index (χ1) is 4.00. The molecule has 0 bridgehead atoms. The Morgan fingerprint density at radius 2 is 0.750 bits per heavy atom. The summed E-state index contributed by atoms with van der Waals surface area (Å²) in [5.41, 5.74) is 0. The Morgan fingerprint density at radius 1 is 0.500 bits per heavy atom. The van der Waals surface area contributed by atoms with Crippen LogP contribution in [0.15, 0.2) is 19.2 Å². The van der Waals surface area contributed by atoms with Crippen molar-refractivity contribution in [2.45, 2.75) is 0 Å². The predicted octanol–water partition coefficient (Wildman–Crippen LogP) is -1.86. The van der Waals surface area contributed by atoms with Crippen LogP contribution in [0.1, 0.15) is 0 Å². The van der Waals surface area contributed by atoms with Crippen molar-refractivity contribution in [1.82, 2.24) is 0 Å². The van der Waals surface area contributed by atoms with Crippen molar-refractivity contribution in [2.75, 3.05) is 0 Å². The van der Waals surface area contributed by atoms with Gasteiger partial charge in [-0.2, -0.15) is 0 Å². The van der Waals surface area contributed by atoms with Crippen LogP contribution in [0, 0.1) is 0 Å². The molecule has 4 nitrogen and oxygen atoms in total. The summed E-state index contributed by atoms with van der Waals surface area (Å²) in [6, 6.07) is 0. The molecule has 0 aliphatic carbocycles. The van der Waals surface area contributed by atoms with Gasteiger partial charge < -0.3 is 19.2 Å². The van der Waals surface area contributed by atoms with Gasteiger partial charge in [0.05, 0.1) is 0 Å². The summed E-state index contributed by atoms with van der Waals surface area (Å²) in [7, 11) is 2.25. The Morgan fingerprint density at radius 3 is 1.00 bits per heavy atom. The van der Waals surface area contributed by atoms with Gasteiger partial charge in [-0.3, -0.25) is 0 Å². The molecule has 0 aromatic heterocycles. The molecular weight excluding hydrogens is 99.3 g/mol. The topological polar surface area (TPSA) is 49.4 Å². The second kappa shape index (κ2) is 3.46. The van der Waals surface area contributed by atoms with E-state index in [1.54, 1.807) is 0 Å². The fourth-order valence-electron chi connectivity index (χ4n) is 0.462. The van der Waals surface area contributed by atoms with Crippen LogP contribution in [-0.2, 0) is 0 Å². The number of hydrogen-bond acceptors (Lipinski definition) is 4. The van der Waals surface area contributed by atoms with Crippen molar-refractivity contribution < 1.29 is 0 Å². The smallest absolute Gasteiger partial charge is 0.0540 e. The molecule has 0 aromatic rings. The first kappa shape index (κ1) is 5.59. The SMILES string of the molecule is [BH-]1=N\[BH-]=N/[BH-]=N\[BH-]=N/1. The molecule has 0 radical (unpaired) electrons. The van der Waals surface area contributed by atoms with Gasteiger partial charge in [0.1, 0.15) is 0 Å². The number of rotatable bonds is 0.